The molecule has 0 amide bonds. The average molecular weight is 582 g/mol. The molecule has 4 aromatic rings. The number of ether oxygens (including phenoxy) is 1. The van der Waals surface area contributed by atoms with Crippen LogP contribution in [0.15, 0.2) is 42.5 Å². The molecular formula is C34H33F2N5O2. The van der Waals surface area contributed by atoms with Gasteiger partial charge in [0.05, 0.1) is 5.54 Å². The van der Waals surface area contributed by atoms with Gasteiger partial charge in [0, 0.05) is 54.7 Å². The lowest BCUT2D eigenvalue weighted by atomic mass is 9.92. The Hall–Kier alpha value is -4.00. The molecule has 2 bridgehead atoms. The summed E-state index contributed by atoms with van der Waals surface area (Å²) in [5, 5.41) is 16.3. The minimum Gasteiger partial charge on any atom is -0.508 e. The summed E-state index contributed by atoms with van der Waals surface area (Å²) in [5.74, 6) is 2.72. The van der Waals surface area contributed by atoms with Crippen molar-refractivity contribution >= 4 is 27.5 Å². The highest BCUT2D eigenvalue weighted by Crippen LogP contribution is 2.43. The number of aromatic hydroxyl groups is 1. The number of hydrogen-bond donors (Lipinski definition) is 2. The van der Waals surface area contributed by atoms with Gasteiger partial charge in [-0.25, -0.2) is 8.78 Å². The van der Waals surface area contributed by atoms with Crippen molar-refractivity contribution in [3.05, 3.63) is 53.8 Å². The molecule has 0 radical (unpaired) electrons. The summed E-state index contributed by atoms with van der Waals surface area (Å²) < 4.78 is 37.7. The number of phenolic OH excluding ortho intramolecular Hbond substituents is 1. The summed E-state index contributed by atoms with van der Waals surface area (Å²) in [4.78, 5) is 13.9. The van der Waals surface area contributed by atoms with Crippen LogP contribution in [0.1, 0.15) is 37.7 Å². The Morgan fingerprint density at radius 2 is 1.91 bits per heavy atom. The van der Waals surface area contributed by atoms with Gasteiger partial charge in [0.25, 0.3) is 0 Å². The molecule has 4 atom stereocenters. The number of phenols is 1. The van der Waals surface area contributed by atoms with E-state index in [4.69, 9.17) is 16.1 Å². The lowest BCUT2D eigenvalue weighted by Crippen LogP contribution is -2.51. The molecular weight excluding hydrogens is 548 g/mol. The molecule has 220 valence electrons. The molecule has 0 spiro atoms. The first kappa shape index (κ1) is 26.6. The van der Waals surface area contributed by atoms with Gasteiger partial charge >= 0.3 is 6.01 Å². The van der Waals surface area contributed by atoms with E-state index in [0.717, 1.165) is 56.1 Å². The Bertz CT molecular complexity index is 1800. The number of aromatic nitrogens is 2. The fourth-order valence-corrected chi connectivity index (χ4v) is 7.99. The summed E-state index contributed by atoms with van der Waals surface area (Å²) >= 11 is 0. The van der Waals surface area contributed by atoms with Crippen LogP contribution in [0.5, 0.6) is 11.8 Å². The zero-order chi connectivity index (χ0) is 29.3. The largest absolute Gasteiger partial charge is 0.508 e. The topological polar surface area (TPSA) is 73.8 Å². The monoisotopic (exact) mass is 581 g/mol. The molecule has 7 nitrogen and oxygen atoms in total. The molecule has 43 heavy (non-hydrogen) atoms. The lowest BCUT2D eigenvalue weighted by molar-refractivity contribution is 0.107. The van der Waals surface area contributed by atoms with Gasteiger partial charge in [-0.3, -0.25) is 4.90 Å². The highest BCUT2D eigenvalue weighted by atomic mass is 19.1. The molecule has 0 aliphatic carbocycles. The number of rotatable bonds is 5. The van der Waals surface area contributed by atoms with Gasteiger partial charge in [-0.15, -0.1) is 6.42 Å². The fourth-order valence-electron chi connectivity index (χ4n) is 7.99. The number of alkyl halides is 1. The van der Waals surface area contributed by atoms with Crippen molar-refractivity contribution < 1.29 is 18.6 Å². The summed E-state index contributed by atoms with van der Waals surface area (Å²) in [6.07, 6.45) is 9.56. The lowest BCUT2D eigenvalue weighted by Gasteiger charge is -2.34. The quantitative estimate of drug-likeness (QED) is 0.315. The van der Waals surface area contributed by atoms with E-state index in [9.17, 15) is 9.50 Å². The Balaban J connectivity index is 1.29. The molecule has 4 aliphatic rings. The second kappa shape index (κ2) is 10.0. The van der Waals surface area contributed by atoms with E-state index in [0.29, 0.717) is 47.4 Å². The smallest absolute Gasteiger partial charge is 0.319 e. The Kier molecular flexibility index (Phi) is 6.21. The van der Waals surface area contributed by atoms with Gasteiger partial charge < -0.3 is 20.1 Å². The van der Waals surface area contributed by atoms with Crippen molar-refractivity contribution in [2.45, 2.75) is 55.9 Å². The Morgan fingerprint density at radius 1 is 1.09 bits per heavy atom. The van der Waals surface area contributed by atoms with E-state index >= 15 is 4.39 Å². The summed E-state index contributed by atoms with van der Waals surface area (Å²) in [7, 11) is 0. The second-order valence-corrected chi connectivity index (χ2v) is 12.6. The zero-order valence-electron chi connectivity index (χ0n) is 23.8. The summed E-state index contributed by atoms with van der Waals surface area (Å²) in [6, 6.07) is 13.2. The standard InChI is InChI=1S/C34H33F2N5O2/c1-2-20-13-28-31(30(36)29(20)27-14-25(42)12-21-6-3-4-7-26(21)27)38-33(39-32(28)40-17-23-8-9-24(18-40)37-23)43-19-34-10-5-11-41(34)16-22(35)15-34/h1,3-4,6-7,12-14,22-24,37,42H,5,8-11,15-19H2/t22-,23-,24+,34+/m1/s1. The van der Waals surface area contributed by atoms with Crippen molar-refractivity contribution in [3.8, 4) is 35.2 Å². The van der Waals surface area contributed by atoms with E-state index in [1.165, 1.54) is 0 Å². The highest BCUT2D eigenvalue weighted by molar-refractivity contribution is 6.03. The number of halogens is 2. The first-order valence-corrected chi connectivity index (χ1v) is 15.2. The maximum atomic E-state index is 16.9. The molecule has 5 heterocycles. The fraction of sp³-hybridized carbons (Fsp3) is 0.412. The summed E-state index contributed by atoms with van der Waals surface area (Å²) in [5.41, 5.74) is 0.783. The maximum absolute atomic E-state index is 16.9. The van der Waals surface area contributed by atoms with Crippen LogP contribution in [0.3, 0.4) is 0 Å². The predicted octanol–water partition coefficient (Wildman–Crippen LogP) is 5.17. The molecule has 4 saturated heterocycles. The highest BCUT2D eigenvalue weighted by Gasteiger charge is 2.49. The normalized spacial score (nSPS) is 26.7. The number of nitrogens with one attached hydrogen (secondary N) is 1. The number of hydrogen-bond acceptors (Lipinski definition) is 7. The van der Waals surface area contributed by atoms with E-state index in [1.54, 1.807) is 18.2 Å². The van der Waals surface area contributed by atoms with Gasteiger partial charge in [0.15, 0.2) is 5.82 Å². The van der Waals surface area contributed by atoms with Crippen LogP contribution in [0, 0.1) is 18.2 Å². The molecule has 0 saturated carbocycles. The molecule has 4 aliphatic heterocycles. The van der Waals surface area contributed by atoms with Crippen molar-refractivity contribution in [2.75, 3.05) is 37.7 Å². The van der Waals surface area contributed by atoms with Gasteiger partial charge in [0.1, 0.15) is 29.9 Å². The van der Waals surface area contributed by atoms with Gasteiger partial charge in [-0.1, -0.05) is 30.2 Å². The van der Waals surface area contributed by atoms with Crippen molar-refractivity contribution in [3.63, 3.8) is 0 Å². The molecule has 8 rings (SSSR count). The van der Waals surface area contributed by atoms with E-state index in [1.807, 2.05) is 24.3 Å². The minimum absolute atomic E-state index is 0.0166. The van der Waals surface area contributed by atoms with Crippen LogP contribution in [0.2, 0.25) is 0 Å². The molecule has 9 heteroatoms. The van der Waals surface area contributed by atoms with Crippen LogP contribution in [-0.2, 0) is 0 Å². The number of piperazine rings is 1. The third kappa shape index (κ3) is 4.38. The Morgan fingerprint density at radius 3 is 2.72 bits per heavy atom. The van der Waals surface area contributed by atoms with E-state index in [2.05, 4.69) is 26.0 Å². The number of terminal acetylenes is 1. The Labute approximate surface area is 248 Å². The van der Waals surface area contributed by atoms with Crippen LogP contribution >= 0.6 is 0 Å². The van der Waals surface area contributed by atoms with Crippen LogP contribution in [0.4, 0.5) is 14.6 Å². The van der Waals surface area contributed by atoms with Crippen LogP contribution < -0.4 is 15.0 Å². The SMILES string of the molecule is C#Cc1cc2c(N3C[C@H]4CC[C@@H](C3)N4)nc(OC[C@@]34CCCN3C[C@H](F)C4)nc2c(F)c1-c1cc(O)cc2ccccc12. The number of nitrogens with zero attached hydrogens (tertiary/aromatic N) is 4. The number of benzene rings is 3. The predicted molar refractivity (Wildman–Crippen MR) is 163 cm³/mol. The first-order valence-electron chi connectivity index (χ1n) is 15.2. The van der Waals surface area contributed by atoms with E-state index < -0.39 is 12.0 Å². The summed E-state index contributed by atoms with van der Waals surface area (Å²) in [6.45, 7) is 2.98. The maximum Gasteiger partial charge on any atom is 0.319 e. The van der Waals surface area contributed by atoms with Gasteiger partial charge in [-0.05, 0) is 66.8 Å². The zero-order valence-corrected chi connectivity index (χ0v) is 23.8. The van der Waals surface area contributed by atoms with Crippen molar-refractivity contribution in [1.82, 2.24) is 20.2 Å². The number of anilines is 1. The minimum atomic E-state index is -0.882. The van der Waals surface area contributed by atoms with Crippen LogP contribution in [0.25, 0.3) is 32.8 Å². The molecule has 1 aromatic heterocycles. The first-order chi connectivity index (χ1) is 20.9. The molecule has 4 fully saturated rings. The van der Waals surface area contributed by atoms with Gasteiger partial charge in [-0.2, -0.15) is 9.97 Å². The molecule has 3 aromatic carbocycles. The van der Waals surface area contributed by atoms with Crippen LogP contribution in [-0.4, -0.2) is 76.6 Å². The molecule has 0 unspecified atom stereocenters. The average Bonchev–Trinajstić information content (AvgIpc) is 3.65. The molecule has 2 N–H and O–H groups in total. The van der Waals surface area contributed by atoms with Gasteiger partial charge in [0.2, 0.25) is 0 Å². The van der Waals surface area contributed by atoms with Crippen molar-refractivity contribution in [2.24, 2.45) is 0 Å². The third-order valence-corrected chi connectivity index (χ3v) is 9.91. The third-order valence-electron chi connectivity index (χ3n) is 9.91. The van der Waals surface area contributed by atoms with E-state index in [-0.39, 0.29) is 35.0 Å². The van der Waals surface area contributed by atoms with Crippen molar-refractivity contribution in [1.29, 1.82) is 0 Å². The second-order valence-electron chi connectivity index (χ2n) is 12.6. The number of fused-ring (bicyclic) bond motifs is 5.